The number of thioether (sulfide) groups is 1. The molecule has 2 amide bonds. The monoisotopic (exact) mass is 539 g/mol. The van der Waals surface area contributed by atoms with Crippen molar-refractivity contribution >= 4 is 44.9 Å². The smallest absolute Gasteiger partial charge is 0.293 e. The fourth-order valence-electron chi connectivity index (χ4n) is 3.32. The Morgan fingerprint density at radius 3 is 2.41 bits per heavy atom. The molecular formula is C26H22BrNO5S. The Hall–Kier alpha value is -3.23. The van der Waals surface area contributed by atoms with E-state index in [1.54, 1.807) is 25.3 Å². The molecule has 6 nitrogen and oxygen atoms in total. The summed E-state index contributed by atoms with van der Waals surface area (Å²) in [6.45, 7) is 0.689. The molecule has 1 heterocycles. The Morgan fingerprint density at radius 2 is 1.65 bits per heavy atom. The van der Waals surface area contributed by atoms with Gasteiger partial charge in [0.1, 0.15) is 19.0 Å². The zero-order valence-electron chi connectivity index (χ0n) is 18.4. The number of carbonyl (C=O) groups excluding carboxylic acids is 2. The lowest BCUT2D eigenvalue weighted by molar-refractivity contribution is -0.123. The highest BCUT2D eigenvalue weighted by Gasteiger charge is 2.35. The Balaban J connectivity index is 1.44. The van der Waals surface area contributed by atoms with Crippen molar-refractivity contribution in [1.82, 2.24) is 4.90 Å². The molecule has 0 unspecified atom stereocenters. The summed E-state index contributed by atoms with van der Waals surface area (Å²) < 4.78 is 17.8. The molecule has 0 saturated carbocycles. The average Bonchev–Trinajstić information content (AvgIpc) is 3.12. The number of halogens is 1. The molecule has 8 heteroatoms. The molecule has 0 aromatic heterocycles. The molecule has 0 radical (unpaired) electrons. The van der Waals surface area contributed by atoms with Gasteiger partial charge in [-0.3, -0.25) is 14.5 Å². The van der Waals surface area contributed by atoms with Crippen molar-refractivity contribution in [2.45, 2.75) is 6.61 Å². The van der Waals surface area contributed by atoms with Crippen LogP contribution in [0.3, 0.4) is 0 Å². The quantitative estimate of drug-likeness (QED) is 0.304. The van der Waals surface area contributed by atoms with Gasteiger partial charge in [-0.15, -0.1) is 0 Å². The molecule has 174 valence electrons. The van der Waals surface area contributed by atoms with Crippen LogP contribution in [0.25, 0.3) is 6.08 Å². The van der Waals surface area contributed by atoms with Crippen LogP contribution in [-0.4, -0.2) is 36.3 Å². The van der Waals surface area contributed by atoms with Crippen molar-refractivity contribution in [2.75, 3.05) is 20.3 Å². The molecule has 0 atom stereocenters. The minimum Gasteiger partial charge on any atom is -0.493 e. The van der Waals surface area contributed by atoms with Crippen molar-refractivity contribution in [2.24, 2.45) is 0 Å². The lowest BCUT2D eigenvalue weighted by Gasteiger charge is -2.14. The minimum atomic E-state index is -0.354. The zero-order chi connectivity index (χ0) is 23.9. The SMILES string of the molecule is COc1ccccc1OCCN1C(=O)S/C(=C\c2cc(Br)ccc2OCc2ccccc2)C1=O. The normalized spacial score (nSPS) is 14.5. The number of amides is 2. The van der Waals surface area contributed by atoms with Crippen LogP contribution in [0, 0.1) is 0 Å². The molecule has 1 fully saturated rings. The third-order valence-corrected chi connectivity index (χ3v) is 6.41. The number of benzene rings is 3. The first-order valence-electron chi connectivity index (χ1n) is 10.5. The van der Waals surface area contributed by atoms with Gasteiger partial charge >= 0.3 is 0 Å². The second-order valence-electron chi connectivity index (χ2n) is 7.29. The topological polar surface area (TPSA) is 65.1 Å². The van der Waals surface area contributed by atoms with E-state index in [-0.39, 0.29) is 24.3 Å². The summed E-state index contributed by atoms with van der Waals surface area (Å²) in [6, 6.07) is 22.6. The highest BCUT2D eigenvalue weighted by molar-refractivity contribution is 9.10. The van der Waals surface area contributed by atoms with Gasteiger partial charge in [0.2, 0.25) is 0 Å². The maximum atomic E-state index is 12.9. The number of hydrogen-bond donors (Lipinski definition) is 0. The number of methoxy groups -OCH3 is 1. The summed E-state index contributed by atoms with van der Waals surface area (Å²) in [5, 5.41) is -0.332. The van der Waals surface area contributed by atoms with Gasteiger partial charge in [0.25, 0.3) is 11.1 Å². The predicted molar refractivity (Wildman–Crippen MR) is 136 cm³/mol. The molecule has 1 aliphatic heterocycles. The van der Waals surface area contributed by atoms with Crippen LogP contribution in [0.2, 0.25) is 0 Å². The molecule has 0 spiro atoms. The molecular weight excluding hydrogens is 518 g/mol. The number of hydrogen-bond acceptors (Lipinski definition) is 6. The summed E-state index contributed by atoms with van der Waals surface area (Å²) in [6.07, 6.45) is 1.69. The van der Waals surface area contributed by atoms with Crippen molar-refractivity contribution in [3.8, 4) is 17.2 Å². The maximum Gasteiger partial charge on any atom is 0.293 e. The molecule has 0 bridgehead atoms. The fourth-order valence-corrected chi connectivity index (χ4v) is 4.55. The molecule has 0 N–H and O–H groups in total. The second-order valence-corrected chi connectivity index (χ2v) is 9.20. The van der Waals surface area contributed by atoms with E-state index in [0.29, 0.717) is 34.3 Å². The van der Waals surface area contributed by atoms with Crippen LogP contribution < -0.4 is 14.2 Å². The van der Waals surface area contributed by atoms with E-state index >= 15 is 0 Å². The van der Waals surface area contributed by atoms with Crippen LogP contribution in [0.1, 0.15) is 11.1 Å². The van der Waals surface area contributed by atoms with E-state index in [0.717, 1.165) is 21.8 Å². The van der Waals surface area contributed by atoms with E-state index < -0.39 is 0 Å². The van der Waals surface area contributed by atoms with Gasteiger partial charge in [0, 0.05) is 10.0 Å². The van der Waals surface area contributed by atoms with Crippen LogP contribution in [0.4, 0.5) is 4.79 Å². The highest BCUT2D eigenvalue weighted by atomic mass is 79.9. The first-order valence-corrected chi connectivity index (χ1v) is 12.1. The first-order chi connectivity index (χ1) is 16.5. The summed E-state index contributed by atoms with van der Waals surface area (Å²) in [7, 11) is 1.56. The number of nitrogens with zero attached hydrogens (tertiary/aromatic N) is 1. The van der Waals surface area contributed by atoms with E-state index in [2.05, 4.69) is 15.9 Å². The lowest BCUT2D eigenvalue weighted by Crippen LogP contribution is -2.32. The van der Waals surface area contributed by atoms with Crippen molar-refractivity contribution in [1.29, 1.82) is 0 Å². The standard InChI is InChI=1S/C26H22BrNO5S/c1-31-22-9-5-6-10-23(22)32-14-13-28-25(29)24(34-26(28)30)16-19-15-20(27)11-12-21(19)33-17-18-7-3-2-4-8-18/h2-12,15-16H,13-14,17H2,1H3/b24-16-. The molecule has 4 rings (SSSR count). The number of imide groups is 1. The van der Waals surface area contributed by atoms with Crippen LogP contribution in [0.15, 0.2) is 82.2 Å². The van der Waals surface area contributed by atoms with Gasteiger partial charge in [0.05, 0.1) is 18.6 Å². The van der Waals surface area contributed by atoms with Gasteiger partial charge in [-0.25, -0.2) is 0 Å². The maximum absolute atomic E-state index is 12.9. The van der Waals surface area contributed by atoms with Crippen molar-refractivity contribution in [3.05, 3.63) is 93.3 Å². The number of carbonyl (C=O) groups is 2. The Morgan fingerprint density at radius 1 is 0.912 bits per heavy atom. The number of rotatable bonds is 9. The van der Waals surface area contributed by atoms with Crippen molar-refractivity contribution < 1.29 is 23.8 Å². The third kappa shape index (κ3) is 5.81. The molecule has 3 aromatic carbocycles. The molecule has 1 aliphatic rings. The highest BCUT2D eigenvalue weighted by Crippen LogP contribution is 2.35. The fraction of sp³-hybridized carbons (Fsp3) is 0.154. The molecule has 0 aliphatic carbocycles. The molecule has 1 saturated heterocycles. The predicted octanol–water partition coefficient (Wildman–Crippen LogP) is 6.15. The largest absolute Gasteiger partial charge is 0.493 e. The van der Waals surface area contributed by atoms with Crippen LogP contribution in [-0.2, 0) is 11.4 Å². The molecule has 3 aromatic rings. The van der Waals surface area contributed by atoms with E-state index in [9.17, 15) is 9.59 Å². The van der Waals surface area contributed by atoms with Gasteiger partial charge in [-0.05, 0) is 53.7 Å². The van der Waals surface area contributed by atoms with Gasteiger partial charge < -0.3 is 14.2 Å². The van der Waals surface area contributed by atoms with Gasteiger partial charge in [0.15, 0.2) is 11.5 Å². The minimum absolute atomic E-state index is 0.135. The Kier molecular flexibility index (Phi) is 7.92. The summed E-state index contributed by atoms with van der Waals surface area (Å²) in [5.74, 6) is 1.42. The van der Waals surface area contributed by atoms with Gasteiger partial charge in [-0.1, -0.05) is 58.4 Å². The number of para-hydroxylation sites is 2. The molecule has 34 heavy (non-hydrogen) atoms. The van der Waals surface area contributed by atoms with E-state index in [4.69, 9.17) is 14.2 Å². The first kappa shape index (κ1) is 23.9. The van der Waals surface area contributed by atoms with Crippen LogP contribution >= 0.6 is 27.7 Å². The average molecular weight is 540 g/mol. The number of ether oxygens (including phenoxy) is 3. The van der Waals surface area contributed by atoms with E-state index in [1.165, 1.54) is 4.90 Å². The third-order valence-electron chi connectivity index (χ3n) is 5.01. The summed E-state index contributed by atoms with van der Waals surface area (Å²) in [5.41, 5.74) is 1.74. The van der Waals surface area contributed by atoms with Crippen molar-refractivity contribution in [3.63, 3.8) is 0 Å². The van der Waals surface area contributed by atoms with Gasteiger partial charge in [-0.2, -0.15) is 0 Å². The second kappa shape index (κ2) is 11.3. The lowest BCUT2D eigenvalue weighted by atomic mass is 10.1. The van der Waals surface area contributed by atoms with E-state index in [1.807, 2.05) is 60.7 Å². The Labute approximate surface area is 210 Å². The summed E-state index contributed by atoms with van der Waals surface area (Å²) in [4.78, 5) is 27.0. The van der Waals surface area contributed by atoms with Crippen LogP contribution in [0.5, 0.6) is 17.2 Å². The Bertz CT molecular complexity index is 1210. The summed E-state index contributed by atoms with van der Waals surface area (Å²) >= 11 is 4.38. The zero-order valence-corrected chi connectivity index (χ0v) is 20.8.